The number of nitrogen functional groups attached to an aromatic ring is 1. The summed E-state index contributed by atoms with van der Waals surface area (Å²) in [6, 6.07) is 7.93. The monoisotopic (exact) mass is 178 g/mol. The molecule has 0 saturated carbocycles. The third-order valence-corrected chi connectivity index (χ3v) is 2.41. The number of nitrogens with two attached hydrogens (primary N) is 1. The summed E-state index contributed by atoms with van der Waals surface area (Å²) in [5.74, 6) is 0.452. The van der Waals surface area contributed by atoms with Crippen molar-refractivity contribution in [3.8, 4) is 6.07 Å². The van der Waals surface area contributed by atoms with Crippen LogP contribution >= 0.6 is 11.8 Å². The van der Waals surface area contributed by atoms with Crippen LogP contribution < -0.4 is 5.73 Å². The Bertz CT molecular complexity index is 315. The highest BCUT2D eigenvalue weighted by Crippen LogP contribution is 2.24. The van der Waals surface area contributed by atoms with Gasteiger partial charge < -0.3 is 5.73 Å². The highest BCUT2D eigenvalue weighted by Gasteiger charge is 1.98. The number of nitriles is 1. The second-order valence-electron chi connectivity index (χ2n) is 2.49. The summed E-state index contributed by atoms with van der Waals surface area (Å²) in [6.07, 6.45) is 0. The SMILES string of the molecule is Cc1ccc(SCC#N)c(N)c1. The summed E-state index contributed by atoms with van der Waals surface area (Å²) in [5.41, 5.74) is 7.64. The Hall–Kier alpha value is -1.14. The first-order chi connectivity index (χ1) is 5.74. The lowest BCUT2D eigenvalue weighted by Crippen LogP contribution is -1.89. The fraction of sp³-hybridized carbons (Fsp3) is 0.222. The van der Waals surface area contributed by atoms with Crippen LogP contribution in [0.2, 0.25) is 0 Å². The van der Waals surface area contributed by atoms with Crippen LogP contribution in [0.1, 0.15) is 5.56 Å². The van der Waals surface area contributed by atoms with Crippen molar-refractivity contribution in [3.05, 3.63) is 23.8 Å². The molecule has 0 heterocycles. The molecule has 0 bridgehead atoms. The van der Waals surface area contributed by atoms with Gasteiger partial charge in [-0.3, -0.25) is 0 Å². The molecular formula is C9H10N2S. The van der Waals surface area contributed by atoms with E-state index in [1.54, 1.807) is 0 Å². The van der Waals surface area contributed by atoms with Gasteiger partial charge >= 0.3 is 0 Å². The van der Waals surface area contributed by atoms with Crippen LogP contribution in [-0.4, -0.2) is 5.75 Å². The first-order valence-electron chi connectivity index (χ1n) is 3.60. The first kappa shape index (κ1) is 8.95. The Morgan fingerprint density at radius 1 is 1.58 bits per heavy atom. The Balaban J connectivity index is 2.81. The summed E-state index contributed by atoms with van der Waals surface area (Å²) in [7, 11) is 0. The predicted molar refractivity (Wildman–Crippen MR) is 51.9 cm³/mol. The average Bonchev–Trinajstić information content (AvgIpc) is 2.03. The van der Waals surface area contributed by atoms with E-state index < -0.39 is 0 Å². The van der Waals surface area contributed by atoms with Gasteiger partial charge in [-0.15, -0.1) is 11.8 Å². The molecule has 0 aliphatic rings. The minimum absolute atomic E-state index is 0.452. The Morgan fingerprint density at radius 2 is 2.33 bits per heavy atom. The van der Waals surface area contributed by atoms with Gasteiger partial charge in [-0.1, -0.05) is 6.07 Å². The number of hydrogen-bond acceptors (Lipinski definition) is 3. The number of aryl methyl sites for hydroxylation is 1. The summed E-state index contributed by atoms with van der Waals surface area (Å²) >= 11 is 1.47. The molecule has 0 fully saturated rings. The van der Waals surface area contributed by atoms with Crippen LogP contribution in [0.25, 0.3) is 0 Å². The zero-order valence-corrected chi connectivity index (χ0v) is 7.69. The number of hydrogen-bond donors (Lipinski definition) is 1. The highest BCUT2D eigenvalue weighted by atomic mass is 32.2. The summed E-state index contributed by atoms with van der Waals surface area (Å²) < 4.78 is 0. The van der Waals surface area contributed by atoms with Gasteiger partial charge in [0.25, 0.3) is 0 Å². The van der Waals surface area contributed by atoms with Gasteiger partial charge in [0.2, 0.25) is 0 Å². The number of nitrogens with zero attached hydrogens (tertiary/aromatic N) is 1. The minimum Gasteiger partial charge on any atom is -0.398 e. The predicted octanol–water partition coefficient (Wildman–Crippen LogP) is 2.19. The lowest BCUT2D eigenvalue weighted by Gasteiger charge is -2.02. The fourth-order valence-corrected chi connectivity index (χ4v) is 1.52. The molecule has 0 atom stereocenters. The van der Waals surface area contributed by atoms with E-state index in [0.29, 0.717) is 5.75 Å². The van der Waals surface area contributed by atoms with E-state index >= 15 is 0 Å². The maximum absolute atomic E-state index is 8.36. The molecule has 1 aromatic rings. The molecule has 0 aliphatic carbocycles. The molecule has 1 rings (SSSR count). The van der Waals surface area contributed by atoms with Gasteiger partial charge in [-0.25, -0.2) is 0 Å². The maximum atomic E-state index is 8.36. The number of benzene rings is 1. The Labute approximate surface area is 76.4 Å². The number of anilines is 1. The standard InChI is InChI=1S/C9H10N2S/c1-7-2-3-9(8(11)6-7)12-5-4-10/h2-3,6H,5,11H2,1H3. The van der Waals surface area contributed by atoms with Gasteiger partial charge in [0.05, 0.1) is 11.8 Å². The van der Waals surface area contributed by atoms with Crippen molar-refractivity contribution in [1.82, 2.24) is 0 Å². The van der Waals surface area contributed by atoms with E-state index in [4.69, 9.17) is 11.0 Å². The lowest BCUT2D eigenvalue weighted by molar-refractivity contribution is 1.38. The van der Waals surface area contributed by atoms with Crippen molar-refractivity contribution in [2.75, 3.05) is 11.5 Å². The molecule has 3 heteroatoms. The maximum Gasteiger partial charge on any atom is 0.0856 e. The summed E-state index contributed by atoms with van der Waals surface area (Å²) in [6.45, 7) is 2.00. The second-order valence-corrected chi connectivity index (χ2v) is 3.51. The van der Waals surface area contributed by atoms with Crippen LogP contribution in [0.4, 0.5) is 5.69 Å². The van der Waals surface area contributed by atoms with E-state index in [2.05, 4.69) is 6.07 Å². The van der Waals surface area contributed by atoms with Crippen LogP contribution in [0.5, 0.6) is 0 Å². The highest BCUT2D eigenvalue weighted by molar-refractivity contribution is 7.99. The second kappa shape index (κ2) is 4.03. The van der Waals surface area contributed by atoms with Gasteiger partial charge in [0, 0.05) is 10.6 Å². The van der Waals surface area contributed by atoms with Gasteiger partial charge in [0.15, 0.2) is 0 Å². The lowest BCUT2D eigenvalue weighted by atomic mass is 10.2. The molecule has 0 saturated heterocycles. The summed E-state index contributed by atoms with van der Waals surface area (Å²) in [5, 5.41) is 8.36. The van der Waals surface area contributed by atoms with Gasteiger partial charge in [-0.05, 0) is 24.6 Å². The molecule has 0 aliphatic heterocycles. The van der Waals surface area contributed by atoms with Crippen LogP contribution in [0.3, 0.4) is 0 Å². The summed E-state index contributed by atoms with van der Waals surface area (Å²) in [4.78, 5) is 0.988. The van der Waals surface area contributed by atoms with Crippen molar-refractivity contribution >= 4 is 17.4 Å². The first-order valence-corrected chi connectivity index (χ1v) is 4.58. The topological polar surface area (TPSA) is 49.8 Å². The van der Waals surface area contributed by atoms with E-state index in [-0.39, 0.29) is 0 Å². The van der Waals surface area contributed by atoms with Crippen molar-refractivity contribution < 1.29 is 0 Å². The van der Waals surface area contributed by atoms with Crippen molar-refractivity contribution in [1.29, 1.82) is 5.26 Å². The van der Waals surface area contributed by atoms with Crippen molar-refractivity contribution in [2.45, 2.75) is 11.8 Å². The molecular weight excluding hydrogens is 168 g/mol. The van der Waals surface area contributed by atoms with Crippen molar-refractivity contribution in [2.24, 2.45) is 0 Å². The molecule has 12 heavy (non-hydrogen) atoms. The van der Waals surface area contributed by atoms with Gasteiger partial charge in [-0.2, -0.15) is 5.26 Å². The zero-order valence-electron chi connectivity index (χ0n) is 6.87. The molecule has 2 N–H and O–H groups in total. The zero-order chi connectivity index (χ0) is 8.97. The molecule has 0 unspecified atom stereocenters. The van der Waals surface area contributed by atoms with E-state index in [1.165, 1.54) is 11.8 Å². The van der Waals surface area contributed by atoms with E-state index in [1.807, 2.05) is 25.1 Å². The molecule has 0 radical (unpaired) electrons. The largest absolute Gasteiger partial charge is 0.398 e. The average molecular weight is 178 g/mol. The van der Waals surface area contributed by atoms with Crippen LogP contribution in [0.15, 0.2) is 23.1 Å². The molecule has 2 nitrogen and oxygen atoms in total. The third kappa shape index (κ3) is 2.18. The third-order valence-electron chi connectivity index (χ3n) is 1.46. The van der Waals surface area contributed by atoms with Gasteiger partial charge in [0.1, 0.15) is 0 Å². The normalized spacial score (nSPS) is 9.33. The minimum atomic E-state index is 0.452. The molecule has 62 valence electrons. The Kier molecular flexibility index (Phi) is 3.01. The number of rotatable bonds is 2. The quantitative estimate of drug-likeness (QED) is 0.558. The molecule has 0 spiro atoms. The molecule has 0 amide bonds. The van der Waals surface area contributed by atoms with E-state index in [9.17, 15) is 0 Å². The smallest absolute Gasteiger partial charge is 0.0856 e. The van der Waals surface area contributed by atoms with Crippen molar-refractivity contribution in [3.63, 3.8) is 0 Å². The van der Waals surface area contributed by atoms with Crippen LogP contribution in [0, 0.1) is 18.3 Å². The molecule has 0 aromatic heterocycles. The van der Waals surface area contributed by atoms with Crippen LogP contribution in [-0.2, 0) is 0 Å². The number of thioether (sulfide) groups is 1. The fourth-order valence-electron chi connectivity index (χ4n) is 0.909. The molecule has 1 aromatic carbocycles. The Morgan fingerprint density at radius 3 is 2.92 bits per heavy atom. The van der Waals surface area contributed by atoms with E-state index in [0.717, 1.165) is 16.1 Å².